The van der Waals surface area contributed by atoms with Gasteiger partial charge in [-0.3, -0.25) is 0 Å². The molecule has 8 nitrogen and oxygen atoms in total. The average molecular weight is 1290 g/mol. The van der Waals surface area contributed by atoms with Gasteiger partial charge < -0.3 is 36.6 Å². The summed E-state index contributed by atoms with van der Waals surface area (Å²) >= 11 is 0. The Balaban J connectivity index is 0.684. The molecule has 13 aromatic carbocycles. The SMILES string of the molecule is CC1Cc2c(oc3c2ccc2c3ccc3c4ccc(N(c5ccc6c7c(oc6c5)C=C5C=CC=CC5(C)C7)c5ccc6c(c5)c5ccccc5n6-c5ccccc5)cc4oc32)C=C1N(c1ccc2c(c1)oc1cc3ccccc3cc12)c1ccc2c(c1)c1ccccc1n2-c1ccccc1. The molecule has 3 aliphatic carbocycles. The molecule has 0 saturated carbocycles. The van der Waals surface area contributed by atoms with E-state index in [1.54, 1.807) is 0 Å². The fourth-order valence-electron chi connectivity index (χ4n) is 17.3. The van der Waals surface area contributed by atoms with Crippen LogP contribution < -0.4 is 9.80 Å². The van der Waals surface area contributed by atoms with Crippen LogP contribution in [0.15, 0.2) is 314 Å². The molecule has 0 amide bonds. The maximum absolute atomic E-state index is 7.28. The lowest BCUT2D eigenvalue weighted by atomic mass is 9.71. The molecule has 2 unspecified atom stereocenters. The van der Waals surface area contributed by atoms with Crippen molar-refractivity contribution in [1.82, 2.24) is 9.13 Å². The van der Waals surface area contributed by atoms with Crippen molar-refractivity contribution >= 4 is 172 Å². The van der Waals surface area contributed by atoms with Gasteiger partial charge in [-0.25, -0.2) is 0 Å². The lowest BCUT2D eigenvalue weighted by Crippen LogP contribution is -2.24. The maximum Gasteiger partial charge on any atom is 0.143 e. The molecule has 2 atom stereocenters. The van der Waals surface area contributed by atoms with Gasteiger partial charge in [-0.15, -0.1) is 0 Å². The van der Waals surface area contributed by atoms with Gasteiger partial charge in [0.25, 0.3) is 0 Å². The maximum atomic E-state index is 7.28. The monoisotopic (exact) mass is 1280 g/mol. The minimum Gasteiger partial charge on any atom is -0.456 e. The molecular weight excluding hydrogens is 1230 g/mol. The first kappa shape index (κ1) is 55.4. The van der Waals surface area contributed by atoms with Crippen LogP contribution in [-0.4, -0.2) is 9.13 Å². The standard InChI is InChI=1S/C92H60N4O4/c1-54-43-76-73-39-38-71-72(91(73)100-89(76)52-83(54)94(64-30-34-68-77-44-55-17-9-10-18-56(55)45-84(77)97-86(68)51-64)61-32-41-82-75(48-61)66-25-12-14-27-80(66)96(82)59-22-7-4-8-23-59)37-36-70-67-33-28-63(50-88(67)99-90(70)71)93(62-29-35-69-78-53-92(2)42-16-15-19-57(92)46-85(78)98-87(69)49-62)60-31-40-81-74(47-60)65-24-11-13-26-79(65)95(81)58-20-5-3-6-21-58/h3-42,44-52,54H,43,53H2,1-2H3. The molecule has 0 N–H and O–H groups in total. The van der Waals surface area contributed by atoms with Gasteiger partial charge in [0.2, 0.25) is 0 Å². The number of fused-ring (bicyclic) bond motifs is 23. The van der Waals surface area contributed by atoms with Gasteiger partial charge in [-0.05, 0) is 175 Å². The molecule has 6 heterocycles. The summed E-state index contributed by atoms with van der Waals surface area (Å²) in [6.07, 6.45) is 15.0. The predicted molar refractivity (Wildman–Crippen MR) is 413 cm³/mol. The highest BCUT2D eigenvalue weighted by atomic mass is 16.3. The number of rotatable bonds is 8. The Bertz CT molecular complexity index is 6900. The number of benzene rings is 13. The fourth-order valence-corrected chi connectivity index (χ4v) is 17.3. The van der Waals surface area contributed by atoms with Crippen LogP contribution in [0.3, 0.4) is 0 Å². The Morgan fingerprint density at radius 2 is 0.840 bits per heavy atom. The topological polar surface area (TPSA) is 68.9 Å². The Labute approximate surface area is 573 Å². The van der Waals surface area contributed by atoms with Crippen LogP contribution in [0.2, 0.25) is 0 Å². The first-order chi connectivity index (χ1) is 49.3. The Morgan fingerprint density at radius 3 is 1.51 bits per heavy atom. The van der Waals surface area contributed by atoms with E-state index in [2.05, 4.69) is 330 Å². The van der Waals surface area contributed by atoms with Gasteiger partial charge in [0.15, 0.2) is 0 Å². The van der Waals surface area contributed by atoms with Gasteiger partial charge in [0, 0.05) is 157 Å². The number of nitrogens with zero attached hydrogens (tertiary/aromatic N) is 4. The molecule has 0 bridgehead atoms. The van der Waals surface area contributed by atoms with Crippen LogP contribution in [0.4, 0.5) is 28.4 Å². The average Bonchev–Trinajstić information content (AvgIpc) is 1.57. The molecule has 0 radical (unpaired) electrons. The summed E-state index contributed by atoms with van der Waals surface area (Å²) in [6, 6.07) is 94.6. The third kappa shape index (κ3) is 8.04. The first-order valence-corrected chi connectivity index (χ1v) is 34.6. The Morgan fingerprint density at radius 1 is 0.360 bits per heavy atom. The molecule has 0 spiro atoms. The molecule has 472 valence electrons. The number of hydrogen-bond donors (Lipinski definition) is 0. The highest BCUT2D eigenvalue weighted by Crippen LogP contribution is 2.51. The minimum absolute atomic E-state index is 0.0879. The number of aromatic nitrogens is 2. The van der Waals surface area contributed by atoms with Gasteiger partial charge >= 0.3 is 0 Å². The Hall–Kier alpha value is -12.8. The second-order valence-corrected chi connectivity index (χ2v) is 27.8. The van der Waals surface area contributed by atoms with E-state index in [-0.39, 0.29) is 11.3 Å². The summed E-state index contributed by atoms with van der Waals surface area (Å²) < 4.78 is 32.9. The van der Waals surface area contributed by atoms with Crippen molar-refractivity contribution in [2.24, 2.45) is 11.3 Å². The van der Waals surface area contributed by atoms with Crippen molar-refractivity contribution in [3.63, 3.8) is 0 Å². The summed E-state index contributed by atoms with van der Waals surface area (Å²) in [5.41, 5.74) is 21.7. The molecule has 100 heavy (non-hydrogen) atoms. The van der Waals surface area contributed by atoms with Gasteiger partial charge in [-0.2, -0.15) is 0 Å². The zero-order valence-corrected chi connectivity index (χ0v) is 54.7. The first-order valence-electron chi connectivity index (χ1n) is 34.6. The highest BCUT2D eigenvalue weighted by molar-refractivity contribution is 6.21. The summed E-state index contributed by atoms with van der Waals surface area (Å²) in [6.45, 7) is 4.68. The normalized spacial score (nSPS) is 16.0. The smallest absolute Gasteiger partial charge is 0.143 e. The molecule has 19 aromatic rings. The quantitative estimate of drug-likeness (QED) is 0.151. The van der Waals surface area contributed by atoms with Crippen LogP contribution in [0.25, 0.3) is 154 Å². The predicted octanol–water partition coefficient (Wildman–Crippen LogP) is 25.4. The highest BCUT2D eigenvalue weighted by Gasteiger charge is 2.35. The third-order valence-electron chi connectivity index (χ3n) is 22.1. The van der Waals surface area contributed by atoms with E-state index in [4.69, 9.17) is 17.7 Å². The molecule has 22 rings (SSSR count). The molecule has 0 aliphatic heterocycles. The van der Waals surface area contributed by atoms with Gasteiger partial charge in [0.05, 0.1) is 22.1 Å². The minimum atomic E-state index is -0.0879. The summed E-state index contributed by atoms with van der Waals surface area (Å²) in [4.78, 5) is 4.79. The summed E-state index contributed by atoms with van der Waals surface area (Å²) in [5, 5.41) is 15.6. The van der Waals surface area contributed by atoms with E-state index < -0.39 is 0 Å². The number of hydrogen-bond acceptors (Lipinski definition) is 6. The second-order valence-electron chi connectivity index (χ2n) is 27.8. The molecule has 3 aliphatic rings. The lowest BCUT2D eigenvalue weighted by Gasteiger charge is -2.33. The van der Waals surface area contributed by atoms with E-state index in [0.29, 0.717) is 0 Å². The zero-order valence-electron chi connectivity index (χ0n) is 54.7. The molecule has 6 aromatic heterocycles. The van der Waals surface area contributed by atoms with Crippen molar-refractivity contribution in [2.75, 3.05) is 9.80 Å². The number of para-hydroxylation sites is 4. The van der Waals surface area contributed by atoms with Crippen LogP contribution in [0, 0.1) is 11.3 Å². The molecular formula is C92H60N4O4. The fraction of sp³-hybridized carbons (Fsp3) is 0.0652. The van der Waals surface area contributed by atoms with Crippen molar-refractivity contribution in [3.8, 4) is 11.4 Å². The zero-order chi connectivity index (χ0) is 65.6. The van der Waals surface area contributed by atoms with E-state index in [0.717, 1.165) is 179 Å². The summed E-state index contributed by atoms with van der Waals surface area (Å²) in [5.74, 6) is 1.89. The van der Waals surface area contributed by atoms with E-state index >= 15 is 0 Å². The van der Waals surface area contributed by atoms with Crippen molar-refractivity contribution < 1.29 is 17.7 Å². The molecule has 0 saturated heterocycles. The molecule has 0 fully saturated rings. The number of furan rings is 4. The van der Waals surface area contributed by atoms with Crippen molar-refractivity contribution in [3.05, 3.63) is 319 Å². The second kappa shape index (κ2) is 20.6. The van der Waals surface area contributed by atoms with Crippen molar-refractivity contribution in [1.29, 1.82) is 0 Å². The van der Waals surface area contributed by atoms with Crippen LogP contribution in [0.5, 0.6) is 0 Å². The van der Waals surface area contributed by atoms with Crippen molar-refractivity contribution in [2.45, 2.75) is 26.7 Å². The molecule has 8 heteroatoms. The number of allylic oxidation sites excluding steroid dienone is 6. The van der Waals surface area contributed by atoms with Crippen LogP contribution in [0.1, 0.15) is 36.5 Å². The summed E-state index contributed by atoms with van der Waals surface area (Å²) in [7, 11) is 0. The Kier molecular flexibility index (Phi) is 11.4. The number of anilines is 5. The lowest BCUT2D eigenvalue weighted by molar-refractivity contribution is 0.499. The van der Waals surface area contributed by atoms with E-state index in [1.807, 2.05) is 0 Å². The van der Waals surface area contributed by atoms with Crippen LogP contribution >= 0.6 is 0 Å². The van der Waals surface area contributed by atoms with Gasteiger partial charge in [-0.1, -0.05) is 141 Å². The third-order valence-corrected chi connectivity index (χ3v) is 22.1. The largest absolute Gasteiger partial charge is 0.456 e. The van der Waals surface area contributed by atoms with Gasteiger partial charge in [0.1, 0.15) is 45.0 Å². The van der Waals surface area contributed by atoms with E-state index in [9.17, 15) is 0 Å². The van der Waals surface area contributed by atoms with E-state index in [1.165, 1.54) is 38.2 Å². The van der Waals surface area contributed by atoms with Crippen LogP contribution in [-0.2, 0) is 12.8 Å².